The summed E-state index contributed by atoms with van der Waals surface area (Å²) < 4.78 is 10.0. The van der Waals surface area contributed by atoms with E-state index in [-0.39, 0.29) is 18.9 Å². The van der Waals surface area contributed by atoms with Gasteiger partial charge in [0, 0.05) is 5.92 Å². The van der Waals surface area contributed by atoms with Crippen LogP contribution >= 0.6 is 0 Å². The Hall–Kier alpha value is -1.32. The standard InChI is InChI=1S/C14H24O4/c1-5-7-8-9-10-12(15)18-13(11(3)4)14(16)17-6-2/h8-9,11,13H,5-7,10H2,1-4H3/b9-8-. The lowest BCUT2D eigenvalue weighted by molar-refractivity contribution is -0.170. The first-order valence-corrected chi connectivity index (χ1v) is 6.54. The smallest absolute Gasteiger partial charge is 0.347 e. The van der Waals surface area contributed by atoms with Crippen LogP contribution in [0.3, 0.4) is 0 Å². The summed E-state index contributed by atoms with van der Waals surface area (Å²) in [7, 11) is 0. The molecule has 0 aromatic carbocycles. The number of allylic oxidation sites excluding steroid dienone is 1. The molecule has 0 heterocycles. The zero-order valence-corrected chi connectivity index (χ0v) is 11.8. The van der Waals surface area contributed by atoms with Gasteiger partial charge in [0.1, 0.15) is 0 Å². The fourth-order valence-electron chi connectivity index (χ4n) is 1.33. The van der Waals surface area contributed by atoms with E-state index in [1.54, 1.807) is 13.0 Å². The van der Waals surface area contributed by atoms with Crippen molar-refractivity contribution in [3.63, 3.8) is 0 Å². The zero-order chi connectivity index (χ0) is 14.0. The summed E-state index contributed by atoms with van der Waals surface area (Å²) in [4.78, 5) is 23.1. The van der Waals surface area contributed by atoms with Gasteiger partial charge in [-0.3, -0.25) is 4.79 Å². The van der Waals surface area contributed by atoms with E-state index in [1.165, 1.54) is 0 Å². The number of esters is 2. The molecule has 0 aliphatic heterocycles. The predicted molar refractivity (Wildman–Crippen MR) is 70.0 cm³/mol. The molecule has 0 aliphatic carbocycles. The molecule has 1 atom stereocenters. The molecule has 0 fully saturated rings. The topological polar surface area (TPSA) is 52.6 Å². The van der Waals surface area contributed by atoms with Gasteiger partial charge in [-0.25, -0.2) is 4.79 Å². The molecule has 104 valence electrons. The van der Waals surface area contributed by atoms with Crippen molar-refractivity contribution in [3.05, 3.63) is 12.2 Å². The van der Waals surface area contributed by atoms with Crippen LogP contribution in [0, 0.1) is 5.92 Å². The Morgan fingerprint density at radius 3 is 2.33 bits per heavy atom. The van der Waals surface area contributed by atoms with Crippen LogP contribution in [0.5, 0.6) is 0 Å². The lowest BCUT2D eigenvalue weighted by Crippen LogP contribution is -2.33. The Morgan fingerprint density at radius 1 is 1.17 bits per heavy atom. The minimum atomic E-state index is -0.808. The summed E-state index contributed by atoms with van der Waals surface area (Å²) in [5.74, 6) is -0.958. The normalized spacial score (nSPS) is 12.7. The van der Waals surface area contributed by atoms with Gasteiger partial charge in [0.25, 0.3) is 0 Å². The molecule has 0 radical (unpaired) electrons. The van der Waals surface area contributed by atoms with Crippen molar-refractivity contribution in [3.8, 4) is 0 Å². The summed E-state index contributed by atoms with van der Waals surface area (Å²) >= 11 is 0. The molecule has 0 aliphatic rings. The van der Waals surface area contributed by atoms with E-state index in [0.29, 0.717) is 0 Å². The first kappa shape index (κ1) is 16.7. The molecule has 0 amide bonds. The quantitative estimate of drug-likeness (QED) is 0.495. The minimum absolute atomic E-state index is 0.0902. The van der Waals surface area contributed by atoms with E-state index < -0.39 is 18.0 Å². The second-order valence-corrected chi connectivity index (χ2v) is 4.37. The van der Waals surface area contributed by atoms with Gasteiger partial charge in [0.15, 0.2) is 0 Å². The Bertz CT molecular complexity index is 282. The molecule has 0 aromatic rings. The first-order valence-electron chi connectivity index (χ1n) is 6.54. The molecule has 0 bridgehead atoms. The Kier molecular flexibility index (Phi) is 8.97. The van der Waals surface area contributed by atoms with Crippen molar-refractivity contribution < 1.29 is 19.1 Å². The highest BCUT2D eigenvalue weighted by Gasteiger charge is 2.27. The molecule has 4 nitrogen and oxygen atoms in total. The Balaban J connectivity index is 4.24. The zero-order valence-electron chi connectivity index (χ0n) is 11.8. The van der Waals surface area contributed by atoms with E-state index in [2.05, 4.69) is 6.92 Å². The van der Waals surface area contributed by atoms with Crippen molar-refractivity contribution in [1.29, 1.82) is 0 Å². The van der Waals surface area contributed by atoms with Gasteiger partial charge >= 0.3 is 11.9 Å². The third-order valence-corrected chi connectivity index (χ3v) is 2.29. The number of hydrogen-bond acceptors (Lipinski definition) is 4. The van der Waals surface area contributed by atoms with E-state index >= 15 is 0 Å². The van der Waals surface area contributed by atoms with E-state index in [4.69, 9.17) is 9.47 Å². The Morgan fingerprint density at radius 2 is 1.83 bits per heavy atom. The molecule has 0 saturated carbocycles. The Labute approximate surface area is 109 Å². The molecular weight excluding hydrogens is 232 g/mol. The highest BCUT2D eigenvalue weighted by atomic mass is 16.6. The highest BCUT2D eigenvalue weighted by molar-refractivity contribution is 5.80. The van der Waals surface area contributed by atoms with Crippen LogP contribution in [0.15, 0.2) is 12.2 Å². The van der Waals surface area contributed by atoms with Crippen molar-refractivity contribution in [1.82, 2.24) is 0 Å². The summed E-state index contributed by atoms with van der Waals surface area (Å²) in [6, 6.07) is 0. The maximum atomic E-state index is 11.6. The number of unbranched alkanes of at least 4 members (excludes halogenated alkanes) is 1. The molecular formula is C14H24O4. The minimum Gasteiger partial charge on any atom is -0.463 e. The van der Waals surface area contributed by atoms with E-state index in [9.17, 15) is 9.59 Å². The predicted octanol–water partition coefficient (Wildman–Crippen LogP) is 2.86. The molecule has 4 heteroatoms. The van der Waals surface area contributed by atoms with Crippen LogP contribution in [0.1, 0.15) is 47.0 Å². The van der Waals surface area contributed by atoms with Crippen LogP contribution in [0.4, 0.5) is 0 Å². The fourth-order valence-corrected chi connectivity index (χ4v) is 1.33. The van der Waals surface area contributed by atoms with Crippen LogP contribution in [-0.4, -0.2) is 24.6 Å². The molecule has 0 saturated heterocycles. The number of rotatable bonds is 8. The number of carbonyl (C=O) groups excluding carboxylic acids is 2. The van der Waals surface area contributed by atoms with Crippen molar-refractivity contribution >= 4 is 11.9 Å². The van der Waals surface area contributed by atoms with Gasteiger partial charge in [-0.2, -0.15) is 0 Å². The van der Waals surface area contributed by atoms with Crippen LogP contribution in [0.2, 0.25) is 0 Å². The number of hydrogen-bond donors (Lipinski definition) is 0. The van der Waals surface area contributed by atoms with E-state index in [1.807, 2.05) is 19.9 Å². The lowest BCUT2D eigenvalue weighted by Gasteiger charge is -2.19. The van der Waals surface area contributed by atoms with Crippen LogP contribution in [0.25, 0.3) is 0 Å². The van der Waals surface area contributed by atoms with Crippen molar-refractivity contribution in [2.45, 2.75) is 53.1 Å². The molecule has 0 rings (SSSR count). The summed E-state index contributed by atoms with van der Waals surface area (Å²) in [5.41, 5.74) is 0. The van der Waals surface area contributed by atoms with Gasteiger partial charge in [0.05, 0.1) is 13.0 Å². The second-order valence-electron chi connectivity index (χ2n) is 4.37. The third kappa shape index (κ3) is 7.09. The monoisotopic (exact) mass is 256 g/mol. The average molecular weight is 256 g/mol. The third-order valence-electron chi connectivity index (χ3n) is 2.29. The largest absolute Gasteiger partial charge is 0.463 e. The van der Waals surface area contributed by atoms with Gasteiger partial charge < -0.3 is 9.47 Å². The summed E-state index contributed by atoms with van der Waals surface area (Å²) in [5, 5.41) is 0. The molecule has 18 heavy (non-hydrogen) atoms. The number of ether oxygens (including phenoxy) is 2. The maximum Gasteiger partial charge on any atom is 0.347 e. The molecule has 0 N–H and O–H groups in total. The van der Waals surface area contributed by atoms with Gasteiger partial charge in [-0.15, -0.1) is 0 Å². The van der Waals surface area contributed by atoms with Crippen LogP contribution in [-0.2, 0) is 19.1 Å². The van der Waals surface area contributed by atoms with Crippen molar-refractivity contribution in [2.24, 2.45) is 5.92 Å². The molecule has 1 unspecified atom stereocenters. The number of carbonyl (C=O) groups is 2. The van der Waals surface area contributed by atoms with Gasteiger partial charge in [0.2, 0.25) is 6.10 Å². The lowest BCUT2D eigenvalue weighted by atomic mass is 10.1. The van der Waals surface area contributed by atoms with Gasteiger partial charge in [-0.1, -0.05) is 39.3 Å². The van der Waals surface area contributed by atoms with E-state index in [0.717, 1.165) is 12.8 Å². The average Bonchev–Trinajstić information content (AvgIpc) is 2.31. The fraction of sp³-hybridized carbons (Fsp3) is 0.714. The highest BCUT2D eigenvalue weighted by Crippen LogP contribution is 2.10. The molecule has 0 spiro atoms. The summed E-state index contributed by atoms with van der Waals surface area (Å²) in [6.07, 6.45) is 5.09. The maximum absolute atomic E-state index is 11.6. The molecule has 0 aromatic heterocycles. The first-order chi connectivity index (χ1) is 8.52. The second kappa shape index (κ2) is 9.68. The SMILES string of the molecule is CCC/C=C\CC(=O)OC(C(=O)OCC)C(C)C. The van der Waals surface area contributed by atoms with Gasteiger partial charge in [-0.05, 0) is 13.3 Å². The summed E-state index contributed by atoms with van der Waals surface area (Å²) in [6.45, 7) is 7.72. The van der Waals surface area contributed by atoms with Crippen molar-refractivity contribution in [2.75, 3.05) is 6.61 Å². The van der Waals surface area contributed by atoms with Crippen LogP contribution < -0.4 is 0 Å².